The fourth-order valence-corrected chi connectivity index (χ4v) is 4.55. The van der Waals surface area contributed by atoms with Crippen LogP contribution in [0.4, 0.5) is 5.69 Å². The molecule has 0 unspecified atom stereocenters. The van der Waals surface area contributed by atoms with E-state index in [2.05, 4.69) is 5.27 Å². The van der Waals surface area contributed by atoms with Crippen LogP contribution in [-0.4, -0.2) is 16.0 Å². The highest BCUT2D eigenvalue weighted by Crippen LogP contribution is 2.36. The fourth-order valence-electron chi connectivity index (χ4n) is 3.53. The molecule has 0 saturated carbocycles. The Morgan fingerprint density at radius 2 is 1.77 bits per heavy atom. The zero-order valence-electron chi connectivity index (χ0n) is 16.5. The molecule has 3 aromatic heterocycles. The third-order valence-electron chi connectivity index (χ3n) is 5.04. The number of nitrogen functional groups attached to an aromatic ring is 1. The largest absolute Gasteiger partial charge is 0.439 e. The van der Waals surface area contributed by atoms with Crippen molar-refractivity contribution in [2.75, 3.05) is 5.73 Å². The van der Waals surface area contributed by atoms with E-state index in [1.165, 1.54) is 16.0 Å². The number of ketones is 1. The summed E-state index contributed by atoms with van der Waals surface area (Å²) in [7, 11) is 0. The number of rotatable bonds is 4. The van der Waals surface area contributed by atoms with Crippen LogP contribution in [-0.2, 0) is 0 Å². The number of pyridine rings is 1. The van der Waals surface area contributed by atoms with Crippen molar-refractivity contribution in [3.8, 4) is 16.9 Å². The molecule has 3 heterocycles. The third kappa shape index (κ3) is 3.13. The predicted molar refractivity (Wildman–Crippen MR) is 118 cm³/mol. The van der Waals surface area contributed by atoms with Gasteiger partial charge in [0.1, 0.15) is 9.71 Å². The maximum Gasteiger partial charge on any atom is 0.439 e. The Balaban J connectivity index is 1.65. The highest BCUT2D eigenvalue weighted by Gasteiger charge is 2.34. The average Bonchev–Trinajstić information content (AvgIpc) is 3.34. The number of carbonyl (C=O) groups excluding carboxylic acids is 1. The average molecular weight is 429 g/mol. The third-order valence-corrected chi connectivity index (χ3v) is 6.16. The number of nitrogens with zero attached hydrogens (tertiary/aromatic N) is 2. The van der Waals surface area contributed by atoms with E-state index in [9.17, 15) is 9.59 Å². The molecule has 8 heteroatoms. The normalized spacial score (nSPS) is 11.1. The van der Waals surface area contributed by atoms with E-state index in [0.717, 1.165) is 16.8 Å². The van der Waals surface area contributed by atoms with E-state index in [4.69, 9.17) is 15.2 Å². The molecule has 0 fully saturated rings. The Morgan fingerprint density at radius 1 is 1.10 bits per heavy atom. The zero-order valence-corrected chi connectivity index (χ0v) is 17.3. The van der Waals surface area contributed by atoms with Crippen molar-refractivity contribution in [1.29, 1.82) is 0 Å². The van der Waals surface area contributed by atoms with Crippen LogP contribution in [0.3, 0.4) is 0 Å². The summed E-state index contributed by atoms with van der Waals surface area (Å²) in [6, 6.07) is 20.7. The molecule has 5 rings (SSSR count). The van der Waals surface area contributed by atoms with Crippen LogP contribution >= 0.6 is 11.3 Å². The summed E-state index contributed by atoms with van der Waals surface area (Å²) in [4.78, 5) is 31.4. The van der Waals surface area contributed by atoms with Crippen molar-refractivity contribution >= 4 is 33.0 Å². The molecule has 31 heavy (non-hydrogen) atoms. The van der Waals surface area contributed by atoms with Crippen molar-refractivity contribution in [3.05, 3.63) is 93.3 Å². The number of para-hydroxylation sites is 1. The number of aromatic nitrogens is 3. The molecule has 3 N–H and O–H groups in total. The topological polar surface area (TPSA) is 106 Å². The molecule has 0 spiro atoms. The Bertz CT molecular complexity index is 1480. The summed E-state index contributed by atoms with van der Waals surface area (Å²) in [6.07, 6.45) is 0. The molecule has 0 saturated heterocycles. The number of aromatic amines is 1. The molecular formula is C23H17N4O3S+. The summed E-state index contributed by atoms with van der Waals surface area (Å²) in [5, 5.41) is 3.18. The Kier molecular flexibility index (Phi) is 4.48. The molecule has 0 bridgehead atoms. The van der Waals surface area contributed by atoms with Gasteiger partial charge in [-0.05, 0) is 28.5 Å². The monoisotopic (exact) mass is 429 g/mol. The first-order chi connectivity index (χ1) is 15.0. The zero-order chi connectivity index (χ0) is 21.5. The fraction of sp³-hybridized carbons (Fsp3) is 0.0435. The molecule has 0 aliphatic heterocycles. The van der Waals surface area contributed by atoms with Gasteiger partial charge in [-0.1, -0.05) is 48.5 Å². The molecule has 2 aromatic carbocycles. The van der Waals surface area contributed by atoms with E-state index in [1.54, 1.807) is 24.3 Å². The standard InChI is InChI=1S/C23H16N4O3S/c1-13-12-16-17(24)21(31-22(16)25-18(13)14-8-4-2-5-9-14)20(28)19-23(29)30-26-27(19)15-10-6-3-7-11-15/h2-12H,1H3,(H2-,24,26,28,29)/p+1. The molecule has 0 aliphatic carbocycles. The molecule has 7 nitrogen and oxygen atoms in total. The highest BCUT2D eigenvalue weighted by atomic mass is 32.1. The van der Waals surface area contributed by atoms with Gasteiger partial charge in [-0.3, -0.25) is 9.32 Å². The number of thiophene rings is 1. The maximum atomic E-state index is 13.4. The first-order valence-electron chi connectivity index (χ1n) is 9.53. The Hall–Kier alpha value is -4.04. The van der Waals surface area contributed by atoms with E-state index in [1.807, 2.05) is 49.4 Å². The number of anilines is 1. The summed E-state index contributed by atoms with van der Waals surface area (Å²) < 4.78 is 6.23. The van der Waals surface area contributed by atoms with E-state index < -0.39 is 11.4 Å². The summed E-state index contributed by atoms with van der Waals surface area (Å²) in [5.41, 5.74) is 9.08. The number of carbonyl (C=O) groups is 1. The Morgan fingerprint density at radius 3 is 2.48 bits per heavy atom. The molecule has 0 aliphatic rings. The maximum absolute atomic E-state index is 13.4. The van der Waals surface area contributed by atoms with Gasteiger partial charge in [0.05, 0.1) is 11.4 Å². The van der Waals surface area contributed by atoms with Crippen LogP contribution in [0.5, 0.6) is 0 Å². The SMILES string of the molecule is Cc1cc2c(N)c(C(=O)c3c(=O)o[nH][n+]3-c3ccccc3)sc2nc1-c1ccccc1. The number of aryl methyl sites for hydroxylation is 1. The molecule has 0 atom stereocenters. The van der Waals surface area contributed by atoms with Crippen molar-refractivity contribution in [2.45, 2.75) is 6.92 Å². The van der Waals surface area contributed by atoms with E-state index in [-0.39, 0.29) is 10.6 Å². The van der Waals surface area contributed by atoms with Crippen LogP contribution in [0, 0.1) is 6.92 Å². The highest BCUT2D eigenvalue weighted by molar-refractivity contribution is 7.21. The second-order valence-electron chi connectivity index (χ2n) is 7.05. The molecule has 5 aromatic rings. The number of hydrogen-bond donors (Lipinski definition) is 2. The lowest BCUT2D eigenvalue weighted by Gasteiger charge is -2.05. The predicted octanol–water partition coefficient (Wildman–Crippen LogP) is 3.64. The summed E-state index contributed by atoms with van der Waals surface area (Å²) in [5.74, 6) is -0.515. The van der Waals surface area contributed by atoms with Gasteiger partial charge >= 0.3 is 11.3 Å². The smallest absolute Gasteiger partial charge is 0.397 e. The van der Waals surface area contributed by atoms with E-state index in [0.29, 0.717) is 21.6 Å². The van der Waals surface area contributed by atoms with Crippen LogP contribution in [0.2, 0.25) is 0 Å². The number of nitrogens with one attached hydrogen (secondary N) is 1. The summed E-state index contributed by atoms with van der Waals surface area (Å²) >= 11 is 1.17. The number of H-pyrrole nitrogens is 1. The molecule has 0 amide bonds. The minimum atomic E-state index is -0.764. The lowest BCUT2D eigenvalue weighted by molar-refractivity contribution is -0.672. The van der Waals surface area contributed by atoms with Crippen molar-refractivity contribution in [1.82, 2.24) is 10.3 Å². The number of nitrogens with two attached hydrogens (primary N) is 1. The lowest BCUT2D eigenvalue weighted by Crippen LogP contribution is -2.41. The minimum Gasteiger partial charge on any atom is -0.397 e. The lowest BCUT2D eigenvalue weighted by atomic mass is 10.1. The van der Waals surface area contributed by atoms with Crippen molar-refractivity contribution < 1.29 is 14.0 Å². The Labute approximate surface area is 180 Å². The van der Waals surface area contributed by atoms with Gasteiger partial charge in [0, 0.05) is 23.1 Å². The van der Waals surface area contributed by atoms with Gasteiger partial charge in [-0.15, -0.1) is 11.3 Å². The van der Waals surface area contributed by atoms with Crippen molar-refractivity contribution in [3.63, 3.8) is 0 Å². The van der Waals surface area contributed by atoms with Crippen LogP contribution < -0.4 is 16.0 Å². The quantitative estimate of drug-likeness (QED) is 0.335. The number of fused-ring (bicyclic) bond motifs is 1. The van der Waals surface area contributed by atoms with E-state index >= 15 is 0 Å². The van der Waals surface area contributed by atoms with Crippen LogP contribution in [0.25, 0.3) is 27.2 Å². The summed E-state index contributed by atoms with van der Waals surface area (Å²) in [6.45, 7) is 1.96. The van der Waals surface area contributed by atoms with Gasteiger partial charge in [0.2, 0.25) is 5.69 Å². The van der Waals surface area contributed by atoms with Gasteiger partial charge in [-0.25, -0.2) is 9.78 Å². The van der Waals surface area contributed by atoms with Gasteiger partial charge in [0.25, 0.3) is 5.78 Å². The first kappa shape index (κ1) is 19.0. The molecule has 152 valence electrons. The van der Waals surface area contributed by atoms with Crippen LogP contribution in [0.15, 0.2) is 76.0 Å². The van der Waals surface area contributed by atoms with Gasteiger partial charge < -0.3 is 5.73 Å². The van der Waals surface area contributed by atoms with Gasteiger partial charge in [0.15, 0.2) is 0 Å². The first-order valence-corrected chi connectivity index (χ1v) is 10.3. The minimum absolute atomic E-state index is 0.149. The molecular weight excluding hydrogens is 412 g/mol. The van der Waals surface area contributed by atoms with Gasteiger partial charge in [-0.2, -0.15) is 0 Å². The second kappa shape index (κ2) is 7.33. The molecule has 0 radical (unpaired) electrons. The number of benzene rings is 2. The van der Waals surface area contributed by atoms with Crippen LogP contribution in [0.1, 0.15) is 20.9 Å². The second-order valence-corrected chi connectivity index (χ2v) is 8.05. The number of hydrogen-bond acceptors (Lipinski definition) is 6. The van der Waals surface area contributed by atoms with Crippen molar-refractivity contribution in [2.24, 2.45) is 0 Å².